The van der Waals surface area contributed by atoms with Crippen LogP contribution in [0.4, 0.5) is 8.78 Å². The first kappa shape index (κ1) is 11.5. The van der Waals surface area contributed by atoms with Gasteiger partial charge in [-0.05, 0) is 30.3 Å². The number of halogens is 2. The molecule has 0 saturated carbocycles. The van der Waals surface area contributed by atoms with Gasteiger partial charge in [0.15, 0.2) is 11.6 Å². The van der Waals surface area contributed by atoms with Gasteiger partial charge in [-0.15, -0.1) is 0 Å². The summed E-state index contributed by atoms with van der Waals surface area (Å²) in [4.78, 5) is 0. The van der Waals surface area contributed by atoms with Gasteiger partial charge in [0.1, 0.15) is 11.6 Å². The maximum Gasteiger partial charge on any atom is 0.165 e. The third-order valence-corrected chi connectivity index (χ3v) is 2.30. The summed E-state index contributed by atoms with van der Waals surface area (Å²) in [5, 5.41) is 0. The fourth-order valence-corrected chi connectivity index (χ4v) is 1.45. The lowest BCUT2D eigenvalue weighted by molar-refractivity contribution is 0.436. The predicted octanol–water partition coefficient (Wildman–Crippen LogP) is 3.22. The van der Waals surface area contributed by atoms with E-state index < -0.39 is 11.6 Å². The maximum atomic E-state index is 13.4. The summed E-state index contributed by atoms with van der Waals surface area (Å²) < 4.78 is 31.7. The molecule has 0 bridgehead atoms. The number of para-hydroxylation sites is 1. The Hall–Kier alpha value is -1.94. The second-order valence-corrected chi connectivity index (χ2v) is 3.49. The highest BCUT2D eigenvalue weighted by Crippen LogP contribution is 2.27. The van der Waals surface area contributed by atoms with Gasteiger partial charge in [-0.25, -0.2) is 8.78 Å². The minimum Gasteiger partial charge on any atom is -0.454 e. The van der Waals surface area contributed by atoms with Crippen molar-refractivity contribution in [2.45, 2.75) is 6.54 Å². The van der Waals surface area contributed by atoms with Crippen LogP contribution in [0, 0.1) is 11.6 Å². The molecule has 0 saturated heterocycles. The van der Waals surface area contributed by atoms with Crippen molar-refractivity contribution in [1.29, 1.82) is 0 Å². The lowest BCUT2D eigenvalue weighted by Crippen LogP contribution is -2.00. The summed E-state index contributed by atoms with van der Waals surface area (Å²) in [5.74, 6) is -0.418. The van der Waals surface area contributed by atoms with E-state index in [1.54, 1.807) is 12.1 Å². The van der Waals surface area contributed by atoms with Gasteiger partial charge in [0, 0.05) is 12.1 Å². The van der Waals surface area contributed by atoms with Crippen LogP contribution >= 0.6 is 0 Å². The van der Waals surface area contributed by atoms with Crippen LogP contribution in [0.2, 0.25) is 0 Å². The Morgan fingerprint density at radius 2 is 1.76 bits per heavy atom. The molecule has 0 amide bonds. The minimum absolute atomic E-state index is 0.0915. The molecule has 0 spiro atoms. The van der Waals surface area contributed by atoms with Crippen LogP contribution in [0.3, 0.4) is 0 Å². The van der Waals surface area contributed by atoms with Crippen LogP contribution in [0.5, 0.6) is 11.5 Å². The van der Waals surface area contributed by atoms with Crippen molar-refractivity contribution >= 4 is 0 Å². The molecule has 0 heterocycles. The van der Waals surface area contributed by atoms with Crippen LogP contribution in [-0.2, 0) is 6.54 Å². The van der Waals surface area contributed by atoms with E-state index in [-0.39, 0.29) is 12.3 Å². The standard InChI is InChI=1S/C13H11F2NO/c14-10-5-6-12(9(7-10)8-16)17-13-4-2-1-3-11(13)15/h1-7H,8,16H2. The van der Waals surface area contributed by atoms with E-state index in [0.29, 0.717) is 11.3 Å². The van der Waals surface area contributed by atoms with Crippen molar-refractivity contribution in [3.05, 3.63) is 59.7 Å². The van der Waals surface area contributed by atoms with Gasteiger partial charge in [0.25, 0.3) is 0 Å². The molecule has 2 aromatic rings. The molecule has 17 heavy (non-hydrogen) atoms. The second-order valence-electron chi connectivity index (χ2n) is 3.49. The molecule has 2 N–H and O–H groups in total. The average Bonchev–Trinajstić information content (AvgIpc) is 2.34. The highest BCUT2D eigenvalue weighted by atomic mass is 19.1. The molecule has 88 valence electrons. The third-order valence-electron chi connectivity index (χ3n) is 2.30. The van der Waals surface area contributed by atoms with E-state index in [1.165, 1.54) is 30.3 Å². The van der Waals surface area contributed by atoms with Crippen LogP contribution < -0.4 is 10.5 Å². The zero-order valence-electron chi connectivity index (χ0n) is 8.99. The fraction of sp³-hybridized carbons (Fsp3) is 0.0769. The van der Waals surface area contributed by atoms with Gasteiger partial charge >= 0.3 is 0 Å². The molecule has 0 radical (unpaired) electrons. The minimum atomic E-state index is -0.472. The van der Waals surface area contributed by atoms with Crippen LogP contribution in [0.1, 0.15) is 5.56 Å². The molecular weight excluding hydrogens is 224 g/mol. The molecule has 0 atom stereocenters. The van der Waals surface area contributed by atoms with E-state index in [9.17, 15) is 8.78 Å². The Balaban J connectivity index is 2.33. The van der Waals surface area contributed by atoms with E-state index in [4.69, 9.17) is 10.5 Å². The molecular formula is C13H11F2NO. The Kier molecular flexibility index (Phi) is 3.35. The number of hydrogen-bond acceptors (Lipinski definition) is 2. The zero-order chi connectivity index (χ0) is 12.3. The zero-order valence-corrected chi connectivity index (χ0v) is 8.99. The Morgan fingerprint density at radius 1 is 1.00 bits per heavy atom. The molecule has 0 aromatic heterocycles. The molecule has 2 nitrogen and oxygen atoms in total. The fourth-order valence-electron chi connectivity index (χ4n) is 1.45. The smallest absolute Gasteiger partial charge is 0.165 e. The summed E-state index contributed by atoms with van der Waals surface area (Å²) in [5.41, 5.74) is 5.96. The molecule has 0 fully saturated rings. The van der Waals surface area contributed by atoms with Crippen molar-refractivity contribution in [3.63, 3.8) is 0 Å². The lowest BCUT2D eigenvalue weighted by atomic mass is 10.2. The van der Waals surface area contributed by atoms with E-state index in [0.717, 1.165) is 0 Å². The van der Waals surface area contributed by atoms with Gasteiger partial charge < -0.3 is 10.5 Å². The summed E-state index contributed by atoms with van der Waals surface area (Å²) >= 11 is 0. The van der Waals surface area contributed by atoms with Crippen molar-refractivity contribution in [3.8, 4) is 11.5 Å². The average molecular weight is 235 g/mol. The molecule has 2 aromatic carbocycles. The number of benzene rings is 2. The Bertz CT molecular complexity index is 529. The van der Waals surface area contributed by atoms with Crippen LogP contribution in [0.15, 0.2) is 42.5 Å². The molecule has 0 unspecified atom stereocenters. The van der Waals surface area contributed by atoms with Gasteiger partial charge in [0.05, 0.1) is 0 Å². The van der Waals surface area contributed by atoms with E-state index in [1.807, 2.05) is 0 Å². The van der Waals surface area contributed by atoms with Gasteiger partial charge in [-0.1, -0.05) is 12.1 Å². The SMILES string of the molecule is NCc1cc(F)ccc1Oc1ccccc1F. The highest BCUT2D eigenvalue weighted by Gasteiger charge is 2.08. The van der Waals surface area contributed by atoms with E-state index in [2.05, 4.69) is 0 Å². The van der Waals surface area contributed by atoms with Gasteiger partial charge in [-0.3, -0.25) is 0 Å². The molecule has 0 aliphatic rings. The van der Waals surface area contributed by atoms with E-state index >= 15 is 0 Å². The monoisotopic (exact) mass is 235 g/mol. The number of rotatable bonds is 3. The third kappa shape index (κ3) is 2.60. The second kappa shape index (κ2) is 4.93. The summed E-state index contributed by atoms with van der Waals surface area (Å²) in [6.45, 7) is 0.127. The normalized spacial score (nSPS) is 10.3. The van der Waals surface area contributed by atoms with Crippen molar-refractivity contribution < 1.29 is 13.5 Å². The largest absolute Gasteiger partial charge is 0.454 e. The lowest BCUT2D eigenvalue weighted by Gasteiger charge is -2.10. The molecule has 4 heteroatoms. The Labute approximate surface area is 97.6 Å². The van der Waals surface area contributed by atoms with Crippen LogP contribution in [-0.4, -0.2) is 0 Å². The summed E-state index contributed by atoms with van der Waals surface area (Å²) in [6.07, 6.45) is 0. The van der Waals surface area contributed by atoms with Crippen molar-refractivity contribution in [2.24, 2.45) is 5.73 Å². The first-order chi connectivity index (χ1) is 8.20. The van der Waals surface area contributed by atoms with Gasteiger partial charge in [0.2, 0.25) is 0 Å². The number of nitrogens with two attached hydrogens (primary N) is 1. The highest BCUT2D eigenvalue weighted by molar-refractivity contribution is 5.38. The van der Waals surface area contributed by atoms with Gasteiger partial charge in [-0.2, -0.15) is 0 Å². The number of hydrogen-bond donors (Lipinski definition) is 1. The van der Waals surface area contributed by atoms with Crippen molar-refractivity contribution in [1.82, 2.24) is 0 Å². The molecule has 0 aliphatic carbocycles. The van der Waals surface area contributed by atoms with Crippen molar-refractivity contribution in [2.75, 3.05) is 0 Å². The first-order valence-corrected chi connectivity index (χ1v) is 5.11. The summed E-state index contributed by atoms with van der Waals surface area (Å²) in [7, 11) is 0. The first-order valence-electron chi connectivity index (χ1n) is 5.11. The molecule has 0 aliphatic heterocycles. The summed E-state index contributed by atoms with van der Waals surface area (Å²) in [6, 6.07) is 9.97. The predicted molar refractivity (Wildman–Crippen MR) is 60.8 cm³/mol. The Morgan fingerprint density at radius 3 is 2.47 bits per heavy atom. The molecule has 2 rings (SSSR count). The quantitative estimate of drug-likeness (QED) is 0.886. The maximum absolute atomic E-state index is 13.4. The topological polar surface area (TPSA) is 35.2 Å². The number of ether oxygens (including phenoxy) is 1. The van der Waals surface area contributed by atoms with Crippen LogP contribution in [0.25, 0.3) is 0 Å².